The third kappa shape index (κ3) is 3.04. The van der Waals surface area contributed by atoms with Crippen molar-refractivity contribution in [3.63, 3.8) is 0 Å². The van der Waals surface area contributed by atoms with Gasteiger partial charge in [0.05, 0.1) is 6.54 Å². The molecule has 5 heteroatoms. The summed E-state index contributed by atoms with van der Waals surface area (Å²) >= 11 is 0. The summed E-state index contributed by atoms with van der Waals surface area (Å²) in [6.45, 7) is 0.227. The molecule has 1 aliphatic rings. The topological polar surface area (TPSA) is 72.3 Å². The number of carbonyl (C=O) groups excluding carboxylic acids is 1. The molecule has 1 aromatic rings. The fourth-order valence-electron chi connectivity index (χ4n) is 2.81. The van der Waals surface area contributed by atoms with E-state index in [9.17, 15) is 9.18 Å². The van der Waals surface area contributed by atoms with Crippen LogP contribution in [0.2, 0.25) is 0 Å². The molecule has 4 nitrogen and oxygen atoms in total. The number of hydrogen-bond acceptors (Lipinski definition) is 3. The Balaban J connectivity index is 2.36. The minimum absolute atomic E-state index is 0.112. The summed E-state index contributed by atoms with van der Waals surface area (Å²) < 4.78 is 13.8. The molecule has 0 heterocycles. The van der Waals surface area contributed by atoms with Crippen LogP contribution in [0.25, 0.3) is 0 Å². The molecular formula is C14H20FN3O. The van der Waals surface area contributed by atoms with Gasteiger partial charge in [0, 0.05) is 23.8 Å². The Morgan fingerprint density at radius 3 is 2.63 bits per heavy atom. The lowest BCUT2D eigenvalue weighted by Crippen LogP contribution is -2.41. The Kier molecular flexibility index (Phi) is 4.37. The number of benzene rings is 1. The van der Waals surface area contributed by atoms with Crippen molar-refractivity contribution in [3.05, 3.63) is 29.6 Å². The van der Waals surface area contributed by atoms with Gasteiger partial charge in [0.15, 0.2) is 0 Å². The number of nitrogens with zero attached hydrogens (tertiary/aromatic N) is 1. The van der Waals surface area contributed by atoms with Gasteiger partial charge in [-0.25, -0.2) is 4.39 Å². The highest BCUT2D eigenvalue weighted by Crippen LogP contribution is 2.31. The van der Waals surface area contributed by atoms with Crippen LogP contribution in [0.3, 0.4) is 0 Å². The molecule has 19 heavy (non-hydrogen) atoms. The molecule has 0 saturated heterocycles. The second-order valence-electron chi connectivity index (χ2n) is 4.97. The van der Waals surface area contributed by atoms with E-state index in [1.54, 1.807) is 6.07 Å². The smallest absolute Gasteiger partial charge is 0.236 e. The third-order valence-corrected chi connectivity index (χ3v) is 3.70. The van der Waals surface area contributed by atoms with Gasteiger partial charge in [0.1, 0.15) is 5.82 Å². The van der Waals surface area contributed by atoms with E-state index in [0.717, 1.165) is 25.7 Å². The van der Waals surface area contributed by atoms with Gasteiger partial charge in [-0.2, -0.15) is 0 Å². The number of primary amides is 1. The monoisotopic (exact) mass is 265 g/mol. The van der Waals surface area contributed by atoms with Crippen molar-refractivity contribution >= 4 is 11.6 Å². The number of anilines is 1. The molecule has 0 aliphatic heterocycles. The Labute approximate surface area is 112 Å². The molecule has 0 atom stereocenters. The normalized spacial score (nSPS) is 15.7. The summed E-state index contributed by atoms with van der Waals surface area (Å²) in [5, 5.41) is 0. The van der Waals surface area contributed by atoms with E-state index >= 15 is 0 Å². The summed E-state index contributed by atoms with van der Waals surface area (Å²) in [5.41, 5.74) is 12.1. The highest BCUT2D eigenvalue weighted by atomic mass is 19.1. The summed E-state index contributed by atoms with van der Waals surface area (Å²) in [4.78, 5) is 13.2. The molecule has 104 valence electrons. The van der Waals surface area contributed by atoms with Crippen LogP contribution in [0.15, 0.2) is 18.2 Å². The number of halogens is 1. The zero-order valence-electron chi connectivity index (χ0n) is 10.9. The van der Waals surface area contributed by atoms with Gasteiger partial charge in [-0.15, -0.1) is 0 Å². The average Bonchev–Trinajstić information content (AvgIpc) is 2.89. The zero-order valence-corrected chi connectivity index (χ0v) is 10.9. The predicted octanol–water partition coefficient (Wildman–Crippen LogP) is 1.52. The van der Waals surface area contributed by atoms with Gasteiger partial charge in [0.2, 0.25) is 5.91 Å². The number of nitrogens with two attached hydrogens (primary N) is 2. The summed E-state index contributed by atoms with van der Waals surface area (Å²) in [7, 11) is 0. The SMILES string of the molecule is NCc1c(F)cccc1N(CC(N)=O)C1CCCC1. The highest BCUT2D eigenvalue weighted by Gasteiger charge is 2.26. The van der Waals surface area contributed by atoms with Crippen LogP contribution in [0.1, 0.15) is 31.2 Å². The highest BCUT2D eigenvalue weighted by molar-refractivity contribution is 5.80. The first kappa shape index (κ1) is 13.8. The number of amides is 1. The lowest BCUT2D eigenvalue weighted by atomic mass is 10.1. The molecule has 0 bridgehead atoms. The Hall–Kier alpha value is -1.62. The van der Waals surface area contributed by atoms with E-state index in [4.69, 9.17) is 11.5 Å². The zero-order chi connectivity index (χ0) is 13.8. The van der Waals surface area contributed by atoms with Crippen molar-refractivity contribution in [3.8, 4) is 0 Å². The van der Waals surface area contributed by atoms with Gasteiger partial charge < -0.3 is 16.4 Å². The first-order valence-corrected chi connectivity index (χ1v) is 6.66. The second-order valence-corrected chi connectivity index (χ2v) is 4.97. The van der Waals surface area contributed by atoms with E-state index in [1.165, 1.54) is 6.07 Å². The quantitative estimate of drug-likeness (QED) is 0.847. The van der Waals surface area contributed by atoms with Crippen LogP contribution in [0.5, 0.6) is 0 Å². The first-order chi connectivity index (χ1) is 9.13. The van der Waals surface area contributed by atoms with Gasteiger partial charge in [-0.1, -0.05) is 18.9 Å². The molecule has 1 aromatic carbocycles. The number of hydrogen-bond donors (Lipinski definition) is 2. The van der Waals surface area contributed by atoms with E-state index in [1.807, 2.05) is 11.0 Å². The van der Waals surface area contributed by atoms with E-state index in [0.29, 0.717) is 11.3 Å². The lowest BCUT2D eigenvalue weighted by Gasteiger charge is -2.31. The van der Waals surface area contributed by atoms with Crippen molar-refractivity contribution in [1.29, 1.82) is 0 Å². The van der Waals surface area contributed by atoms with Crippen molar-refractivity contribution in [2.24, 2.45) is 11.5 Å². The maximum Gasteiger partial charge on any atom is 0.236 e. The molecule has 0 aromatic heterocycles. The average molecular weight is 265 g/mol. The third-order valence-electron chi connectivity index (χ3n) is 3.70. The largest absolute Gasteiger partial charge is 0.368 e. The van der Waals surface area contributed by atoms with Crippen LogP contribution in [-0.2, 0) is 11.3 Å². The maximum absolute atomic E-state index is 13.8. The Morgan fingerprint density at radius 2 is 2.05 bits per heavy atom. The molecule has 2 rings (SSSR count). The van der Waals surface area contributed by atoms with Crippen LogP contribution in [0.4, 0.5) is 10.1 Å². The molecule has 1 fully saturated rings. The van der Waals surface area contributed by atoms with Gasteiger partial charge in [-0.3, -0.25) is 4.79 Å². The summed E-state index contributed by atoms with van der Waals surface area (Å²) in [5.74, 6) is -0.730. The molecule has 0 radical (unpaired) electrons. The Morgan fingerprint density at radius 1 is 1.37 bits per heavy atom. The van der Waals surface area contributed by atoms with E-state index in [2.05, 4.69) is 0 Å². The van der Waals surface area contributed by atoms with E-state index in [-0.39, 0.29) is 24.9 Å². The van der Waals surface area contributed by atoms with E-state index < -0.39 is 5.91 Å². The molecule has 1 saturated carbocycles. The molecule has 0 spiro atoms. The molecule has 4 N–H and O–H groups in total. The first-order valence-electron chi connectivity index (χ1n) is 6.66. The van der Waals surface area contributed by atoms with Crippen LogP contribution in [0, 0.1) is 5.82 Å². The van der Waals surface area contributed by atoms with Crippen molar-refractivity contribution in [2.75, 3.05) is 11.4 Å². The van der Waals surface area contributed by atoms with Crippen molar-refractivity contribution < 1.29 is 9.18 Å². The van der Waals surface area contributed by atoms with Gasteiger partial charge in [0.25, 0.3) is 0 Å². The standard InChI is InChI=1S/C14H20FN3O/c15-12-6-3-7-13(11(12)8-16)18(9-14(17)19)10-4-1-2-5-10/h3,6-7,10H,1-2,4-5,8-9,16H2,(H2,17,19). The van der Waals surface area contributed by atoms with Crippen LogP contribution < -0.4 is 16.4 Å². The summed E-state index contributed by atoms with van der Waals surface area (Å²) in [6.07, 6.45) is 4.28. The van der Waals surface area contributed by atoms with Crippen molar-refractivity contribution in [2.45, 2.75) is 38.3 Å². The lowest BCUT2D eigenvalue weighted by molar-refractivity contribution is -0.116. The molecule has 0 unspecified atom stereocenters. The summed E-state index contributed by atoms with van der Waals surface area (Å²) in [6, 6.07) is 5.10. The fourth-order valence-corrected chi connectivity index (χ4v) is 2.81. The fraction of sp³-hybridized carbons (Fsp3) is 0.500. The Bertz CT molecular complexity index is 458. The molecular weight excluding hydrogens is 245 g/mol. The molecule has 1 amide bonds. The molecule has 1 aliphatic carbocycles. The predicted molar refractivity (Wildman–Crippen MR) is 73.1 cm³/mol. The van der Waals surface area contributed by atoms with Crippen LogP contribution in [-0.4, -0.2) is 18.5 Å². The van der Waals surface area contributed by atoms with Crippen LogP contribution >= 0.6 is 0 Å². The van der Waals surface area contributed by atoms with Crippen molar-refractivity contribution in [1.82, 2.24) is 0 Å². The minimum atomic E-state index is -0.404. The number of rotatable bonds is 5. The maximum atomic E-state index is 13.8. The van der Waals surface area contributed by atoms with Gasteiger partial charge in [-0.05, 0) is 25.0 Å². The second kappa shape index (κ2) is 6.02. The van der Waals surface area contributed by atoms with Gasteiger partial charge >= 0.3 is 0 Å². The minimum Gasteiger partial charge on any atom is -0.368 e. The number of carbonyl (C=O) groups is 1.